The average molecular weight is 295 g/mol. The van der Waals surface area contributed by atoms with Gasteiger partial charge in [0.2, 0.25) is 0 Å². The number of aliphatic hydroxyl groups is 1. The minimum Gasteiger partial charge on any atom is -0.391 e. The van der Waals surface area contributed by atoms with Crippen LogP contribution in [-0.2, 0) is 0 Å². The van der Waals surface area contributed by atoms with Gasteiger partial charge in [0.1, 0.15) is 0 Å². The van der Waals surface area contributed by atoms with Gasteiger partial charge in [0.15, 0.2) is 0 Å². The highest BCUT2D eigenvalue weighted by Crippen LogP contribution is 2.32. The highest BCUT2D eigenvalue weighted by Gasteiger charge is 2.30. The van der Waals surface area contributed by atoms with Gasteiger partial charge >= 0.3 is 6.03 Å². The molecule has 2 saturated carbocycles. The van der Waals surface area contributed by atoms with Crippen LogP contribution in [0, 0.1) is 11.8 Å². The molecule has 3 N–H and O–H groups in total. The summed E-state index contributed by atoms with van der Waals surface area (Å²) in [4.78, 5) is 14.3. The molecule has 2 atom stereocenters. The number of urea groups is 1. The molecule has 0 aromatic rings. The lowest BCUT2D eigenvalue weighted by molar-refractivity contribution is 0.148. The summed E-state index contributed by atoms with van der Waals surface area (Å²) in [7, 11) is 0. The first-order chi connectivity index (χ1) is 10.2. The number of hydrogen-bond acceptors (Lipinski definition) is 3. The van der Waals surface area contributed by atoms with Gasteiger partial charge in [-0.1, -0.05) is 12.8 Å². The van der Waals surface area contributed by atoms with E-state index >= 15 is 0 Å². The molecule has 0 aromatic heterocycles. The largest absolute Gasteiger partial charge is 0.391 e. The Hall–Kier alpha value is -0.810. The molecule has 0 unspecified atom stereocenters. The molecule has 3 fully saturated rings. The Balaban J connectivity index is 1.30. The van der Waals surface area contributed by atoms with E-state index in [1.165, 1.54) is 32.2 Å². The predicted molar refractivity (Wildman–Crippen MR) is 82.1 cm³/mol. The number of nitrogens with zero attached hydrogens (tertiary/aromatic N) is 1. The quantitative estimate of drug-likeness (QED) is 0.692. The zero-order chi connectivity index (χ0) is 14.7. The molecule has 0 radical (unpaired) electrons. The van der Waals surface area contributed by atoms with E-state index in [1.807, 2.05) is 0 Å². The summed E-state index contributed by atoms with van der Waals surface area (Å²) < 4.78 is 0. The first-order valence-corrected chi connectivity index (χ1v) is 8.65. The molecule has 0 bridgehead atoms. The number of carbonyl (C=O) groups is 1. The number of amides is 2. The van der Waals surface area contributed by atoms with Crippen molar-refractivity contribution in [1.82, 2.24) is 15.5 Å². The van der Waals surface area contributed by atoms with Crippen molar-refractivity contribution in [2.24, 2.45) is 11.8 Å². The Morgan fingerprint density at radius 3 is 2.67 bits per heavy atom. The van der Waals surface area contributed by atoms with E-state index in [4.69, 9.17) is 0 Å². The van der Waals surface area contributed by atoms with Crippen LogP contribution < -0.4 is 10.6 Å². The van der Waals surface area contributed by atoms with Crippen LogP contribution in [0.5, 0.6) is 0 Å². The van der Waals surface area contributed by atoms with Crippen molar-refractivity contribution in [2.75, 3.05) is 26.2 Å². The Morgan fingerprint density at radius 2 is 1.95 bits per heavy atom. The number of rotatable bonds is 6. The van der Waals surface area contributed by atoms with E-state index in [9.17, 15) is 9.90 Å². The normalized spacial score (nSPS) is 28.7. The highest BCUT2D eigenvalue weighted by atomic mass is 16.3. The minimum absolute atomic E-state index is 0.123. The van der Waals surface area contributed by atoms with Gasteiger partial charge in [0, 0.05) is 32.2 Å². The lowest BCUT2D eigenvalue weighted by Crippen LogP contribution is -2.45. The van der Waals surface area contributed by atoms with E-state index < -0.39 is 0 Å². The van der Waals surface area contributed by atoms with E-state index in [2.05, 4.69) is 15.5 Å². The van der Waals surface area contributed by atoms with Crippen molar-refractivity contribution in [1.29, 1.82) is 0 Å². The van der Waals surface area contributed by atoms with E-state index in [0.29, 0.717) is 12.5 Å². The third kappa shape index (κ3) is 4.58. The van der Waals surface area contributed by atoms with Gasteiger partial charge in [-0.2, -0.15) is 0 Å². The Kier molecular flexibility index (Phi) is 5.01. The van der Waals surface area contributed by atoms with Crippen molar-refractivity contribution in [2.45, 2.75) is 57.1 Å². The summed E-state index contributed by atoms with van der Waals surface area (Å²) in [6.07, 6.45) is 8.44. The van der Waals surface area contributed by atoms with Crippen LogP contribution in [0.15, 0.2) is 0 Å². The van der Waals surface area contributed by atoms with Crippen molar-refractivity contribution in [3.63, 3.8) is 0 Å². The fraction of sp³-hybridized carbons (Fsp3) is 0.938. The molecule has 5 heteroatoms. The summed E-state index contributed by atoms with van der Waals surface area (Å²) in [5.74, 6) is 1.30. The second-order valence-corrected chi connectivity index (χ2v) is 7.15. The van der Waals surface area contributed by atoms with Gasteiger partial charge in [-0.15, -0.1) is 0 Å². The molecule has 1 aliphatic heterocycles. The summed E-state index contributed by atoms with van der Waals surface area (Å²) in [6, 6.07) is 0.145. The topological polar surface area (TPSA) is 64.6 Å². The van der Waals surface area contributed by atoms with Crippen LogP contribution >= 0.6 is 0 Å². The van der Waals surface area contributed by atoms with Crippen molar-refractivity contribution < 1.29 is 9.90 Å². The van der Waals surface area contributed by atoms with Crippen molar-refractivity contribution >= 4 is 6.03 Å². The highest BCUT2D eigenvalue weighted by molar-refractivity contribution is 5.74. The fourth-order valence-electron chi connectivity index (χ4n) is 3.76. The van der Waals surface area contributed by atoms with Gasteiger partial charge in [-0.25, -0.2) is 4.79 Å². The Morgan fingerprint density at radius 1 is 1.19 bits per heavy atom. The summed E-state index contributed by atoms with van der Waals surface area (Å²) in [6.45, 7) is 3.68. The maximum atomic E-state index is 11.8. The summed E-state index contributed by atoms with van der Waals surface area (Å²) in [5.41, 5.74) is 0. The van der Waals surface area contributed by atoms with Crippen LogP contribution in [-0.4, -0.2) is 54.4 Å². The number of likely N-dealkylation sites (tertiary alicyclic amines) is 1. The molecule has 3 aliphatic rings. The zero-order valence-electron chi connectivity index (χ0n) is 12.9. The molecule has 3 rings (SSSR count). The second-order valence-electron chi connectivity index (χ2n) is 7.15. The third-order valence-electron chi connectivity index (χ3n) is 5.24. The van der Waals surface area contributed by atoms with E-state index in [1.54, 1.807) is 0 Å². The standard InChI is InChI=1S/C16H29N3O2/c20-15(13-5-6-13)9-17-16(21)18-14-7-8-19(11-14)10-12-3-1-2-4-12/h12-15,20H,1-11H2,(H2,17,18,21)/t14-,15-/m0/s1. The molecule has 1 saturated heterocycles. The molecule has 2 amide bonds. The first-order valence-electron chi connectivity index (χ1n) is 8.65. The average Bonchev–Trinajstić information content (AvgIpc) is 3.04. The van der Waals surface area contributed by atoms with Crippen LogP contribution in [0.2, 0.25) is 0 Å². The predicted octanol–water partition coefficient (Wildman–Crippen LogP) is 1.32. The van der Waals surface area contributed by atoms with Gasteiger partial charge in [-0.3, -0.25) is 0 Å². The number of aliphatic hydroxyl groups excluding tert-OH is 1. The SMILES string of the molecule is O=C(NC[C@H](O)C1CC1)N[C@H]1CCN(CC2CCCC2)C1. The lowest BCUT2D eigenvalue weighted by Gasteiger charge is -2.20. The molecule has 1 heterocycles. The first kappa shape index (κ1) is 15.1. The molecule has 21 heavy (non-hydrogen) atoms. The summed E-state index contributed by atoms with van der Waals surface area (Å²) in [5, 5.41) is 15.6. The number of hydrogen-bond donors (Lipinski definition) is 3. The third-order valence-corrected chi connectivity index (χ3v) is 5.24. The smallest absolute Gasteiger partial charge is 0.315 e. The van der Waals surface area contributed by atoms with Gasteiger partial charge < -0.3 is 20.6 Å². The number of nitrogens with one attached hydrogen (secondary N) is 2. The molecule has 2 aliphatic carbocycles. The molecule has 5 nitrogen and oxygen atoms in total. The lowest BCUT2D eigenvalue weighted by atomic mass is 10.1. The minimum atomic E-state index is -0.363. The maximum Gasteiger partial charge on any atom is 0.315 e. The van der Waals surface area contributed by atoms with Crippen LogP contribution in [0.4, 0.5) is 4.79 Å². The van der Waals surface area contributed by atoms with E-state index in [-0.39, 0.29) is 18.2 Å². The maximum absolute atomic E-state index is 11.8. The van der Waals surface area contributed by atoms with Crippen molar-refractivity contribution in [3.8, 4) is 0 Å². The van der Waals surface area contributed by atoms with Crippen LogP contribution in [0.1, 0.15) is 44.9 Å². The van der Waals surface area contributed by atoms with Crippen LogP contribution in [0.25, 0.3) is 0 Å². The molecular weight excluding hydrogens is 266 g/mol. The molecule has 0 spiro atoms. The monoisotopic (exact) mass is 295 g/mol. The Bertz CT molecular complexity index is 353. The molecule has 120 valence electrons. The van der Waals surface area contributed by atoms with E-state index in [0.717, 1.165) is 38.3 Å². The van der Waals surface area contributed by atoms with Gasteiger partial charge in [-0.05, 0) is 43.9 Å². The molecule has 0 aromatic carbocycles. The fourth-order valence-corrected chi connectivity index (χ4v) is 3.76. The van der Waals surface area contributed by atoms with Crippen molar-refractivity contribution in [3.05, 3.63) is 0 Å². The van der Waals surface area contributed by atoms with Crippen LogP contribution in [0.3, 0.4) is 0 Å². The number of carbonyl (C=O) groups excluding carboxylic acids is 1. The summed E-state index contributed by atoms with van der Waals surface area (Å²) >= 11 is 0. The second kappa shape index (κ2) is 6.97. The molecular formula is C16H29N3O2. The van der Waals surface area contributed by atoms with Gasteiger partial charge in [0.25, 0.3) is 0 Å². The van der Waals surface area contributed by atoms with Gasteiger partial charge in [0.05, 0.1) is 6.10 Å². The zero-order valence-corrected chi connectivity index (χ0v) is 12.9. The Labute approximate surface area is 127 Å².